The third-order valence-corrected chi connectivity index (χ3v) is 10.4. The Morgan fingerprint density at radius 2 is 1.16 bits per heavy atom. The first-order valence-corrected chi connectivity index (χ1v) is 20.4. The number of hydrogen-bond acceptors (Lipinski definition) is 7. The average Bonchev–Trinajstić information content (AvgIpc) is 3.19. The van der Waals surface area contributed by atoms with Crippen molar-refractivity contribution in [2.45, 2.75) is 118 Å². The van der Waals surface area contributed by atoms with Crippen LogP contribution in [-0.2, 0) is 44.7 Å². The second kappa shape index (κ2) is 23.7. The molecule has 3 aromatic carbocycles. The molecule has 3 rings (SSSR count). The van der Waals surface area contributed by atoms with Gasteiger partial charge in [-0.05, 0) is 128 Å². The van der Waals surface area contributed by atoms with Crippen LogP contribution in [-0.4, -0.2) is 55.2 Å². The highest BCUT2D eigenvalue weighted by atomic mass is 16.5. The van der Waals surface area contributed by atoms with Gasteiger partial charge in [-0.2, -0.15) is 0 Å². The molecule has 300 valence electrons. The zero-order chi connectivity index (χ0) is 40.2. The van der Waals surface area contributed by atoms with E-state index in [0.717, 1.165) is 53.7 Å². The van der Waals surface area contributed by atoms with Gasteiger partial charge in [-0.15, -0.1) is 0 Å². The number of rotatable bonds is 26. The maximum Gasteiger partial charge on any atom is 0.333 e. The van der Waals surface area contributed by atoms with Crippen LogP contribution >= 0.6 is 0 Å². The number of aryl methyl sites for hydroxylation is 4. The summed E-state index contributed by atoms with van der Waals surface area (Å²) in [6.45, 7) is 17.7. The van der Waals surface area contributed by atoms with Crippen molar-refractivity contribution in [1.29, 1.82) is 0 Å². The summed E-state index contributed by atoms with van der Waals surface area (Å²) in [5.74, 6) is -0.0777. The van der Waals surface area contributed by atoms with Crippen molar-refractivity contribution in [3.63, 3.8) is 0 Å². The van der Waals surface area contributed by atoms with Crippen LogP contribution in [0.15, 0.2) is 78.9 Å². The molecule has 0 aliphatic rings. The molecule has 0 heterocycles. The normalized spacial score (nSPS) is 11.3. The van der Waals surface area contributed by atoms with Crippen LogP contribution in [0.2, 0.25) is 0 Å². The number of carbonyl (C=O) groups is 2. The van der Waals surface area contributed by atoms with E-state index < -0.39 is 17.4 Å². The Bertz CT molecular complexity index is 1630. The number of hydrogen-bond donors (Lipinski definition) is 2. The Hall–Kier alpha value is -4.20. The molecule has 0 saturated heterocycles. The molecule has 3 aromatic rings. The van der Waals surface area contributed by atoms with E-state index in [2.05, 4.69) is 88.5 Å². The molecule has 7 nitrogen and oxygen atoms in total. The molecule has 0 radical (unpaired) electrons. The standard InChI is InChI=1S/C48H66O7/c1-8-11-13-16-37-19-21-39(22-20-37)40-23-24-44(38(10-3)30-40)43-31-41(17-14-27-54-46(51)35(4)5)45(42(32-43)18-15-28-55-47(52)36(6)7)53-29-26-48(33-49,34-50)25-12-9-2/h19-24,30-32,49-50H,4,6,8-18,25-29,33-34H2,1-3,5,7H3. The van der Waals surface area contributed by atoms with Crippen LogP contribution in [0.3, 0.4) is 0 Å². The smallest absolute Gasteiger partial charge is 0.333 e. The predicted molar refractivity (Wildman–Crippen MR) is 224 cm³/mol. The molecule has 0 aromatic heterocycles. The van der Waals surface area contributed by atoms with Gasteiger partial charge in [0.1, 0.15) is 5.75 Å². The van der Waals surface area contributed by atoms with Crippen molar-refractivity contribution in [3.8, 4) is 28.0 Å². The van der Waals surface area contributed by atoms with Crippen molar-refractivity contribution in [2.75, 3.05) is 33.0 Å². The van der Waals surface area contributed by atoms with Crippen molar-refractivity contribution in [1.82, 2.24) is 0 Å². The SMILES string of the molecule is C=C(C)C(=O)OCCCc1cc(-c2ccc(-c3ccc(CCCCC)cc3)cc2CC)cc(CCCOC(=O)C(=C)C)c1OCCC(CO)(CO)CCCC. The van der Waals surface area contributed by atoms with E-state index in [0.29, 0.717) is 56.3 Å². The van der Waals surface area contributed by atoms with Gasteiger partial charge in [-0.25, -0.2) is 9.59 Å². The second-order valence-electron chi connectivity index (χ2n) is 15.1. The monoisotopic (exact) mass is 754 g/mol. The molecule has 0 aliphatic carbocycles. The van der Waals surface area contributed by atoms with Gasteiger partial charge >= 0.3 is 11.9 Å². The van der Waals surface area contributed by atoms with Crippen molar-refractivity contribution in [2.24, 2.45) is 5.41 Å². The number of esters is 2. The van der Waals surface area contributed by atoms with Gasteiger partial charge in [-0.1, -0.05) is 102 Å². The Kier molecular flexibility index (Phi) is 19.4. The maximum absolute atomic E-state index is 12.2. The highest BCUT2D eigenvalue weighted by Crippen LogP contribution is 2.37. The Morgan fingerprint density at radius 1 is 0.618 bits per heavy atom. The summed E-state index contributed by atoms with van der Waals surface area (Å²) >= 11 is 0. The van der Waals surface area contributed by atoms with E-state index in [1.54, 1.807) is 13.8 Å². The van der Waals surface area contributed by atoms with Crippen LogP contribution < -0.4 is 4.74 Å². The van der Waals surface area contributed by atoms with Crippen LogP contribution in [0.1, 0.15) is 115 Å². The maximum atomic E-state index is 12.2. The average molecular weight is 755 g/mol. The van der Waals surface area contributed by atoms with E-state index in [-0.39, 0.29) is 26.4 Å². The molecule has 55 heavy (non-hydrogen) atoms. The molecule has 0 spiro atoms. The fourth-order valence-corrected chi connectivity index (χ4v) is 6.77. The molecule has 0 fully saturated rings. The van der Waals surface area contributed by atoms with Crippen LogP contribution in [0.5, 0.6) is 5.75 Å². The lowest BCUT2D eigenvalue weighted by molar-refractivity contribution is -0.139. The third kappa shape index (κ3) is 14.1. The number of unbranched alkanes of at least 4 members (excludes halogenated alkanes) is 3. The quantitative estimate of drug-likeness (QED) is 0.0478. The zero-order valence-electron chi connectivity index (χ0n) is 34.3. The van der Waals surface area contributed by atoms with Gasteiger partial charge in [0.05, 0.1) is 33.0 Å². The Labute approximate surface area is 330 Å². The molecule has 0 unspecified atom stereocenters. The number of aliphatic hydroxyl groups excluding tert-OH is 2. The first-order valence-electron chi connectivity index (χ1n) is 20.4. The van der Waals surface area contributed by atoms with Crippen molar-refractivity contribution in [3.05, 3.63) is 101 Å². The molecule has 0 saturated carbocycles. The minimum Gasteiger partial charge on any atom is -0.493 e. The largest absolute Gasteiger partial charge is 0.493 e. The van der Waals surface area contributed by atoms with E-state index >= 15 is 0 Å². The lowest BCUT2D eigenvalue weighted by Crippen LogP contribution is -2.32. The van der Waals surface area contributed by atoms with Gasteiger partial charge in [0, 0.05) is 16.6 Å². The summed E-state index contributed by atoms with van der Waals surface area (Å²) in [5.41, 5.74) is 9.23. The summed E-state index contributed by atoms with van der Waals surface area (Å²) in [5, 5.41) is 20.6. The first kappa shape index (κ1) is 45.2. The fourth-order valence-electron chi connectivity index (χ4n) is 6.77. The van der Waals surface area contributed by atoms with Gasteiger partial charge in [0.25, 0.3) is 0 Å². The minimum absolute atomic E-state index is 0.118. The van der Waals surface area contributed by atoms with E-state index in [4.69, 9.17) is 14.2 Å². The highest BCUT2D eigenvalue weighted by molar-refractivity contribution is 5.87. The van der Waals surface area contributed by atoms with Crippen LogP contribution in [0.4, 0.5) is 0 Å². The lowest BCUT2D eigenvalue weighted by Gasteiger charge is -2.30. The number of carbonyl (C=O) groups excluding carboxylic acids is 2. The molecule has 0 atom stereocenters. The minimum atomic E-state index is -0.628. The van der Waals surface area contributed by atoms with E-state index in [1.807, 2.05) is 0 Å². The lowest BCUT2D eigenvalue weighted by atomic mass is 9.81. The van der Waals surface area contributed by atoms with Gasteiger partial charge in [0.2, 0.25) is 0 Å². The molecular formula is C48H66O7. The van der Waals surface area contributed by atoms with Crippen molar-refractivity contribution >= 4 is 11.9 Å². The van der Waals surface area contributed by atoms with Gasteiger partial charge in [0.15, 0.2) is 0 Å². The highest BCUT2D eigenvalue weighted by Gasteiger charge is 2.28. The summed E-state index contributed by atoms with van der Waals surface area (Å²) in [6, 6.07) is 20.0. The topological polar surface area (TPSA) is 102 Å². The van der Waals surface area contributed by atoms with E-state index in [9.17, 15) is 19.8 Å². The molecule has 2 N–H and O–H groups in total. The summed E-state index contributed by atoms with van der Waals surface area (Å²) in [4.78, 5) is 24.3. The van der Waals surface area contributed by atoms with Crippen LogP contribution in [0.25, 0.3) is 22.3 Å². The fraction of sp³-hybridized carbons (Fsp3) is 0.500. The summed E-state index contributed by atoms with van der Waals surface area (Å²) in [6.07, 6.45) is 11.0. The molecule has 0 amide bonds. The van der Waals surface area contributed by atoms with Gasteiger partial charge < -0.3 is 24.4 Å². The second-order valence-corrected chi connectivity index (χ2v) is 15.1. The summed E-state index contributed by atoms with van der Waals surface area (Å²) < 4.78 is 17.6. The number of benzene rings is 3. The van der Waals surface area contributed by atoms with Gasteiger partial charge in [-0.3, -0.25) is 0 Å². The molecule has 7 heteroatoms. The number of aliphatic hydroxyl groups is 2. The summed E-state index contributed by atoms with van der Waals surface area (Å²) in [7, 11) is 0. The molecule has 0 bridgehead atoms. The van der Waals surface area contributed by atoms with Crippen LogP contribution in [0, 0.1) is 5.41 Å². The molecular weight excluding hydrogens is 689 g/mol. The van der Waals surface area contributed by atoms with Crippen molar-refractivity contribution < 1.29 is 34.0 Å². The first-order chi connectivity index (χ1) is 26.5. The zero-order valence-corrected chi connectivity index (χ0v) is 34.3. The molecule has 0 aliphatic heterocycles. The number of ether oxygens (including phenoxy) is 3. The Balaban J connectivity index is 2.04. The Morgan fingerprint density at radius 3 is 1.67 bits per heavy atom. The third-order valence-electron chi connectivity index (χ3n) is 10.4. The predicted octanol–water partition coefficient (Wildman–Crippen LogP) is 10.3. The van der Waals surface area contributed by atoms with E-state index in [1.165, 1.54) is 41.5 Å².